The molecular weight excluding hydrogens is 312 g/mol. The maximum Gasteiger partial charge on any atom is 0.193 e. The van der Waals surface area contributed by atoms with Crippen molar-refractivity contribution in [3.8, 4) is 11.3 Å². The summed E-state index contributed by atoms with van der Waals surface area (Å²) >= 11 is 6.26. The molecule has 23 heavy (non-hydrogen) atoms. The highest BCUT2D eigenvalue weighted by atomic mass is 35.5. The lowest BCUT2D eigenvalue weighted by Crippen LogP contribution is -2.09. The van der Waals surface area contributed by atoms with E-state index in [0.29, 0.717) is 22.3 Å². The number of hydrogen-bond acceptors (Lipinski definition) is 3. The van der Waals surface area contributed by atoms with Crippen LogP contribution >= 0.6 is 11.6 Å². The van der Waals surface area contributed by atoms with Crippen LogP contribution in [0.5, 0.6) is 0 Å². The van der Waals surface area contributed by atoms with Gasteiger partial charge in [-0.15, -0.1) is 0 Å². The Hall–Kier alpha value is -2.39. The van der Waals surface area contributed by atoms with Crippen molar-refractivity contribution in [2.24, 2.45) is 5.92 Å². The third kappa shape index (κ3) is 2.92. The van der Waals surface area contributed by atoms with Crippen molar-refractivity contribution in [2.45, 2.75) is 13.8 Å². The monoisotopic (exact) mass is 326 g/mol. The summed E-state index contributed by atoms with van der Waals surface area (Å²) in [7, 11) is 0. The summed E-state index contributed by atoms with van der Waals surface area (Å²) in [6.07, 6.45) is 0. The highest BCUT2D eigenvalue weighted by Crippen LogP contribution is 2.28. The van der Waals surface area contributed by atoms with Gasteiger partial charge in [-0.05, 0) is 12.1 Å². The number of hydrogen-bond donors (Lipinski definition) is 0. The van der Waals surface area contributed by atoms with Gasteiger partial charge in [0.1, 0.15) is 5.76 Å². The molecule has 3 nitrogen and oxygen atoms in total. The molecule has 3 aromatic rings. The van der Waals surface area contributed by atoms with Gasteiger partial charge in [0.05, 0.1) is 10.4 Å². The first-order valence-electron chi connectivity index (χ1n) is 7.34. The zero-order valence-corrected chi connectivity index (χ0v) is 13.6. The fraction of sp³-hybridized carbons (Fsp3) is 0.158. The van der Waals surface area contributed by atoms with E-state index in [-0.39, 0.29) is 22.2 Å². The maximum absolute atomic E-state index is 12.4. The normalized spacial score (nSPS) is 11.1. The largest absolute Gasteiger partial charge is 0.454 e. The molecule has 116 valence electrons. The van der Waals surface area contributed by atoms with E-state index in [2.05, 4.69) is 0 Å². The average Bonchev–Trinajstić information content (AvgIpc) is 2.55. The van der Waals surface area contributed by atoms with E-state index in [1.165, 1.54) is 6.07 Å². The third-order valence-electron chi connectivity index (χ3n) is 3.65. The van der Waals surface area contributed by atoms with Gasteiger partial charge in [-0.1, -0.05) is 55.8 Å². The summed E-state index contributed by atoms with van der Waals surface area (Å²) in [6, 6.07) is 13.9. The highest BCUT2D eigenvalue weighted by Gasteiger charge is 2.16. The van der Waals surface area contributed by atoms with E-state index >= 15 is 0 Å². The quantitative estimate of drug-likeness (QED) is 0.640. The summed E-state index contributed by atoms with van der Waals surface area (Å²) in [5.41, 5.74) is 1.31. The molecule has 0 unspecified atom stereocenters. The Balaban J connectivity index is 2.23. The van der Waals surface area contributed by atoms with E-state index < -0.39 is 0 Å². The number of fused-ring (bicyclic) bond motifs is 1. The van der Waals surface area contributed by atoms with Crippen molar-refractivity contribution in [1.82, 2.24) is 0 Å². The van der Waals surface area contributed by atoms with Crippen molar-refractivity contribution >= 4 is 28.4 Å². The van der Waals surface area contributed by atoms with Crippen LogP contribution in [0.2, 0.25) is 5.02 Å². The Morgan fingerprint density at radius 2 is 1.78 bits per heavy atom. The van der Waals surface area contributed by atoms with Gasteiger partial charge >= 0.3 is 0 Å². The van der Waals surface area contributed by atoms with Crippen LogP contribution < -0.4 is 5.43 Å². The first kappa shape index (κ1) is 15.5. The van der Waals surface area contributed by atoms with Crippen LogP contribution in [0.4, 0.5) is 0 Å². The lowest BCUT2D eigenvalue weighted by atomic mass is 9.99. The fourth-order valence-electron chi connectivity index (χ4n) is 2.44. The molecule has 1 heterocycles. The number of halogens is 1. The number of Topliss-reactive ketones (excluding diaryl/α,β-unsaturated/α-hetero) is 1. The second kappa shape index (κ2) is 6.01. The summed E-state index contributed by atoms with van der Waals surface area (Å²) in [6.45, 7) is 3.61. The standard InChI is InChI=1S/C19H15ClO3/c1-11(2)18(22)13-8-14-16(21)10-17(12-6-4-3-5-7-12)23-19(14)15(20)9-13/h3-11H,1-2H3. The first-order chi connectivity index (χ1) is 11.0. The Labute approximate surface area is 138 Å². The zero-order chi connectivity index (χ0) is 16.6. The topological polar surface area (TPSA) is 47.3 Å². The molecule has 0 N–H and O–H groups in total. The minimum atomic E-state index is -0.217. The van der Waals surface area contributed by atoms with Crippen molar-refractivity contribution in [3.63, 3.8) is 0 Å². The van der Waals surface area contributed by atoms with E-state index in [9.17, 15) is 9.59 Å². The Morgan fingerprint density at radius 1 is 1.09 bits per heavy atom. The number of carbonyl (C=O) groups is 1. The number of ketones is 1. The van der Waals surface area contributed by atoms with Crippen LogP contribution in [0, 0.1) is 5.92 Å². The Kier molecular flexibility index (Phi) is 4.05. The van der Waals surface area contributed by atoms with Crippen LogP contribution in [0.15, 0.2) is 57.7 Å². The van der Waals surface area contributed by atoms with Crippen molar-refractivity contribution in [2.75, 3.05) is 0 Å². The molecule has 0 spiro atoms. The van der Waals surface area contributed by atoms with Crippen LogP contribution in [-0.4, -0.2) is 5.78 Å². The smallest absolute Gasteiger partial charge is 0.193 e. The summed E-state index contributed by atoms with van der Waals surface area (Å²) < 4.78 is 5.81. The minimum Gasteiger partial charge on any atom is -0.454 e. The third-order valence-corrected chi connectivity index (χ3v) is 3.93. The summed E-state index contributed by atoms with van der Waals surface area (Å²) in [4.78, 5) is 24.6. The van der Waals surface area contributed by atoms with E-state index in [4.69, 9.17) is 16.0 Å². The number of benzene rings is 2. The van der Waals surface area contributed by atoms with E-state index in [0.717, 1.165) is 5.56 Å². The molecule has 0 atom stereocenters. The predicted molar refractivity (Wildman–Crippen MR) is 92.1 cm³/mol. The van der Waals surface area contributed by atoms with Gasteiger partial charge in [-0.25, -0.2) is 0 Å². The Morgan fingerprint density at radius 3 is 2.43 bits per heavy atom. The van der Waals surface area contributed by atoms with Crippen molar-refractivity contribution < 1.29 is 9.21 Å². The van der Waals surface area contributed by atoms with Crippen LogP contribution in [0.1, 0.15) is 24.2 Å². The predicted octanol–water partition coefficient (Wildman–Crippen LogP) is 4.95. The zero-order valence-electron chi connectivity index (χ0n) is 12.8. The van der Waals surface area contributed by atoms with Gasteiger partial charge in [0.15, 0.2) is 16.8 Å². The SMILES string of the molecule is CC(C)C(=O)c1cc(Cl)c2oc(-c3ccccc3)cc(=O)c2c1. The van der Waals surface area contributed by atoms with Crippen molar-refractivity contribution in [1.29, 1.82) is 0 Å². The van der Waals surface area contributed by atoms with Gasteiger partial charge in [-0.3, -0.25) is 9.59 Å². The molecule has 0 fully saturated rings. The molecule has 0 aliphatic rings. The van der Waals surface area contributed by atoms with E-state index in [1.807, 2.05) is 30.3 Å². The maximum atomic E-state index is 12.4. The molecule has 0 amide bonds. The van der Waals surface area contributed by atoms with Gasteiger partial charge < -0.3 is 4.42 Å². The van der Waals surface area contributed by atoms with Crippen LogP contribution in [0.3, 0.4) is 0 Å². The second-order valence-electron chi connectivity index (χ2n) is 5.69. The molecule has 3 rings (SSSR count). The molecule has 4 heteroatoms. The molecule has 1 aromatic heterocycles. The molecule has 0 aliphatic heterocycles. The second-order valence-corrected chi connectivity index (χ2v) is 6.10. The van der Waals surface area contributed by atoms with E-state index in [1.54, 1.807) is 26.0 Å². The number of rotatable bonds is 3. The summed E-state index contributed by atoms with van der Waals surface area (Å²) in [5.74, 6) is 0.229. The minimum absolute atomic E-state index is 0.0552. The average molecular weight is 327 g/mol. The van der Waals surface area contributed by atoms with Crippen LogP contribution in [-0.2, 0) is 0 Å². The molecule has 0 saturated carbocycles. The summed E-state index contributed by atoms with van der Waals surface area (Å²) in [5, 5.41) is 0.586. The van der Waals surface area contributed by atoms with Gasteiger partial charge in [-0.2, -0.15) is 0 Å². The highest BCUT2D eigenvalue weighted by molar-refractivity contribution is 6.35. The lowest BCUT2D eigenvalue weighted by Gasteiger charge is -2.08. The molecule has 0 radical (unpaired) electrons. The molecule has 2 aromatic carbocycles. The fourth-order valence-corrected chi connectivity index (χ4v) is 2.69. The van der Waals surface area contributed by atoms with Gasteiger partial charge in [0, 0.05) is 23.1 Å². The molecular formula is C19H15ClO3. The molecule has 0 bridgehead atoms. The van der Waals surface area contributed by atoms with Gasteiger partial charge in [0.25, 0.3) is 0 Å². The van der Waals surface area contributed by atoms with Crippen molar-refractivity contribution in [3.05, 3.63) is 69.3 Å². The van der Waals surface area contributed by atoms with Gasteiger partial charge in [0.2, 0.25) is 0 Å². The lowest BCUT2D eigenvalue weighted by molar-refractivity contribution is 0.0939. The number of carbonyl (C=O) groups excluding carboxylic acids is 1. The molecule has 0 saturated heterocycles. The molecule has 0 aliphatic carbocycles. The Bertz CT molecular complexity index is 940. The first-order valence-corrected chi connectivity index (χ1v) is 7.72. The van der Waals surface area contributed by atoms with Crippen LogP contribution in [0.25, 0.3) is 22.3 Å².